The summed E-state index contributed by atoms with van der Waals surface area (Å²) in [6.07, 6.45) is 3.66. The van der Waals surface area contributed by atoms with Gasteiger partial charge in [-0.25, -0.2) is 0 Å². The number of thioether (sulfide) groups is 2. The Morgan fingerprint density at radius 3 is 1.35 bits per heavy atom. The van der Waals surface area contributed by atoms with Gasteiger partial charge in [0.2, 0.25) is 35.4 Å². The number of likely N-dealkylation sites (N-methyl/N-ethyl adjacent to an activating group) is 2. The molecule has 4 fully saturated rings. The number of nitrogens with one attached hydrogen (secondary N) is 6. The van der Waals surface area contributed by atoms with Crippen molar-refractivity contribution in [3.63, 3.8) is 0 Å². The highest BCUT2D eigenvalue weighted by Gasteiger charge is 2.56. The molecule has 18 heteroatoms. The Labute approximate surface area is 411 Å². The summed E-state index contributed by atoms with van der Waals surface area (Å²) in [6.45, 7) is 12.9. The molecule has 4 heterocycles. The fourth-order valence-electron chi connectivity index (χ4n) is 9.68. The molecule has 0 radical (unpaired) electrons. The Bertz CT molecular complexity index is 1910. The van der Waals surface area contributed by atoms with E-state index in [2.05, 4.69) is 31.9 Å². The fourth-order valence-corrected chi connectivity index (χ4v) is 12.8. The maximum atomic E-state index is 14.4. The van der Waals surface area contributed by atoms with E-state index >= 15 is 0 Å². The number of amides is 6. The third-order valence-electron chi connectivity index (χ3n) is 13.8. The number of hydrogen-bond acceptors (Lipinski definition) is 12. The summed E-state index contributed by atoms with van der Waals surface area (Å²) in [5.41, 5.74) is 0.744. The minimum absolute atomic E-state index is 0.178. The van der Waals surface area contributed by atoms with Crippen LogP contribution in [0, 0.1) is 10.8 Å². The molecule has 4 aliphatic rings. The predicted molar refractivity (Wildman–Crippen MR) is 266 cm³/mol. The molecule has 0 spiro atoms. The van der Waals surface area contributed by atoms with Crippen LogP contribution in [0.15, 0.2) is 60.7 Å². The molecule has 2 aromatic carbocycles. The van der Waals surface area contributed by atoms with E-state index < -0.39 is 59.2 Å². The monoisotopic (exact) mass is 979 g/mol. The average Bonchev–Trinajstić information content (AvgIpc) is 3.64. The summed E-state index contributed by atoms with van der Waals surface area (Å²) < 4.78 is 12.4. The van der Waals surface area contributed by atoms with Gasteiger partial charge in [-0.1, -0.05) is 88.4 Å². The predicted octanol–water partition coefficient (Wildman–Crippen LogP) is 3.88. The van der Waals surface area contributed by atoms with Crippen LogP contribution in [0.25, 0.3) is 0 Å². The van der Waals surface area contributed by atoms with Crippen LogP contribution in [0.1, 0.15) is 103 Å². The van der Waals surface area contributed by atoms with Crippen molar-refractivity contribution in [2.45, 2.75) is 139 Å². The van der Waals surface area contributed by atoms with Gasteiger partial charge in [0, 0.05) is 13.2 Å². The number of rotatable bonds is 21. The van der Waals surface area contributed by atoms with Crippen molar-refractivity contribution in [1.29, 1.82) is 0 Å². The summed E-state index contributed by atoms with van der Waals surface area (Å²) in [6, 6.07) is 14.6. The molecule has 6 N–H and O–H groups in total. The van der Waals surface area contributed by atoms with Gasteiger partial charge < -0.3 is 51.2 Å². The van der Waals surface area contributed by atoms with Crippen molar-refractivity contribution >= 4 is 59.0 Å². The third kappa shape index (κ3) is 13.0. The second-order valence-corrected chi connectivity index (χ2v) is 22.4. The second-order valence-electron chi connectivity index (χ2n) is 19.9. The summed E-state index contributed by atoms with van der Waals surface area (Å²) >= 11 is 3.32. The number of fused-ring (bicyclic) bond motifs is 2. The number of ether oxygens (including phenoxy) is 2. The lowest BCUT2D eigenvalue weighted by molar-refractivity contribution is -0.144. The van der Waals surface area contributed by atoms with Gasteiger partial charge in [0.1, 0.15) is 24.2 Å². The number of unbranched alkanes of at least 4 members (excludes halogenated alkanes) is 1. The third-order valence-corrected chi connectivity index (χ3v) is 16.3. The first kappa shape index (κ1) is 53.2. The van der Waals surface area contributed by atoms with E-state index in [0.717, 1.165) is 11.1 Å². The first-order valence-electron chi connectivity index (χ1n) is 24.2. The van der Waals surface area contributed by atoms with Gasteiger partial charge in [-0.3, -0.25) is 28.8 Å². The van der Waals surface area contributed by atoms with Crippen LogP contribution in [-0.4, -0.2) is 144 Å². The quantitative estimate of drug-likeness (QED) is 0.0990. The number of hydrogen-bond donors (Lipinski definition) is 6. The minimum atomic E-state index is -0.740. The van der Waals surface area contributed by atoms with Gasteiger partial charge in [-0.15, -0.1) is 23.5 Å². The zero-order chi connectivity index (χ0) is 49.2. The molecule has 4 unspecified atom stereocenters. The number of nitrogens with zero attached hydrogens (tertiary/aromatic N) is 2. The van der Waals surface area contributed by atoms with E-state index in [1.165, 1.54) is 0 Å². The molecular formula is C50H74N8O8S2. The lowest BCUT2D eigenvalue weighted by Gasteiger charge is -2.35. The normalized spacial score (nSPS) is 26.0. The van der Waals surface area contributed by atoms with E-state index in [1.54, 1.807) is 61.3 Å². The van der Waals surface area contributed by atoms with E-state index in [-0.39, 0.29) is 59.4 Å². The summed E-state index contributed by atoms with van der Waals surface area (Å²) in [4.78, 5) is 86.1. The van der Waals surface area contributed by atoms with E-state index in [4.69, 9.17) is 9.47 Å². The molecule has 374 valence electrons. The SMILES string of the molecule is CNC(C)C(=O)N[C@H]1CCS[C@H]2CC(C)(C)[C@@H](C(=O)NC(COCCCCOCC(NC(=O)[C@H]3N4C(=O)[C@@H](NC(=O)C(C)NC)CCS[C@H]4CC3(C)C)c3ccccc3)c3ccccc3)N2C1=O. The van der Waals surface area contributed by atoms with Crippen LogP contribution < -0.4 is 31.9 Å². The minimum Gasteiger partial charge on any atom is -0.379 e. The molecule has 10 atom stereocenters. The van der Waals surface area contributed by atoms with Crippen molar-refractivity contribution in [1.82, 2.24) is 41.7 Å². The lowest BCUT2D eigenvalue weighted by atomic mass is 9.83. The molecule has 6 amide bonds. The number of benzene rings is 2. The smallest absolute Gasteiger partial charge is 0.246 e. The van der Waals surface area contributed by atoms with Gasteiger partial charge >= 0.3 is 0 Å². The first-order chi connectivity index (χ1) is 32.5. The summed E-state index contributed by atoms with van der Waals surface area (Å²) in [5.74, 6) is -0.106. The number of carbonyl (C=O) groups is 6. The molecule has 0 bridgehead atoms. The van der Waals surface area contributed by atoms with Crippen molar-refractivity contribution < 1.29 is 38.2 Å². The van der Waals surface area contributed by atoms with E-state index in [1.807, 2.05) is 88.4 Å². The van der Waals surface area contributed by atoms with E-state index in [0.29, 0.717) is 63.2 Å². The van der Waals surface area contributed by atoms with Gasteiger partial charge in [0.05, 0.1) is 48.1 Å². The average molecular weight is 979 g/mol. The highest BCUT2D eigenvalue weighted by molar-refractivity contribution is 8.00. The Balaban J connectivity index is 1.03. The highest BCUT2D eigenvalue weighted by atomic mass is 32.2. The Hall–Kier alpha value is -4.20. The largest absolute Gasteiger partial charge is 0.379 e. The summed E-state index contributed by atoms with van der Waals surface area (Å²) in [7, 11) is 3.40. The molecule has 0 aliphatic carbocycles. The maximum Gasteiger partial charge on any atom is 0.246 e. The second kappa shape index (κ2) is 24.1. The van der Waals surface area contributed by atoms with Crippen LogP contribution in [0.3, 0.4) is 0 Å². The molecule has 4 aliphatic heterocycles. The zero-order valence-electron chi connectivity index (χ0n) is 41.0. The molecule has 16 nitrogen and oxygen atoms in total. The molecule has 68 heavy (non-hydrogen) atoms. The van der Waals surface area contributed by atoms with E-state index in [9.17, 15) is 28.8 Å². The van der Waals surface area contributed by atoms with Crippen molar-refractivity contribution in [3.8, 4) is 0 Å². The van der Waals surface area contributed by atoms with Gasteiger partial charge in [-0.05, 0) is 99.9 Å². The molecule has 6 rings (SSSR count). The van der Waals surface area contributed by atoms with Crippen LogP contribution >= 0.6 is 23.5 Å². The standard InChI is InChI=1S/C50H74N8O8S2/c1-31(51-7)43(59)53-35-21-25-67-39-27-49(3,4)41(57(39)47(35)63)45(61)55-37(33-17-11-9-12-18-33)29-65-23-15-16-24-66-30-38(34-19-13-10-14-20-34)56-46(62)42-50(5,6)28-40-58(42)48(64)36(22-26-68-40)54-44(60)32(2)52-8/h9-14,17-20,31-32,35-42,51-52H,15-16,21-30H2,1-8H3,(H,53,59)(H,54,60)(H,55,61)(H,56,62)/t31?,32?,35-,36-,37?,38?,39-,40-,41+,42+/m0/s1. The van der Waals surface area contributed by atoms with Crippen molar-refractivity contribution in [2.75, 3.05) is 52.0 Å². The topological polar surface area (TPSA) is 200 Å². The van der Waals surface area contributed by atoms with Gasteiger partial charge in [0.25, 0.3) is 0 Å². The Morgan fingerprint density at radius 2 is 1.00 bits per heavy atom. The van der Waals surface area contributed by atoms with Crippen LogP contribution in [0.5, 0.6) is 0 Å². The van der Waals surface area contributed by atoms with Gasteiger partial charge in [0.15, 0.2) is 0 Å². The van der Waals surface area contributed by atoms with Crippen LogP contribution in [0.2, 0.25) is 0 Å². The van der Waals surface area contributed by atoms with Crippen molar-refractivity contribution in [3.05, 3.63) is 71.8 Å². The first-order valence-corrected chi connectivity index (χ1v) is 26.3. The fraction of sp³-hybridized carbons (Fsp3) is 0.640. The molecule has 4 saturated heterocycles. The van der Waals surface area contributed by atoms with Gasteiger partial charge in [-0.2, -0.15) is 0 Å². The number of carbonyl (C=O) groups excluding carboxylic acids is 6. The summed E-state index contributed by atoms with van der Waals surface area (Å²) in [5, 5.41) is 17.8. The molecule has 2 aromatic rings. The highest BCUT2D eigenvalue weighted by Crippen LogP contribution is 2.48. The lowest BCUT2D eigenvalue weighted by Crippen LogP contribution is -2.58. The maximum absolute atomic E-state index is 14.4. The zero-order valence-corrected chi connectivity index (χ0v) is 42.6. The molecular weight excluding hydrogens is 905 g/mol. The molecule has 0 aromatic heterocycles. The Kier molecular flexibility index (Phi) is 18.8. The molecule has 0 saturated carbocycles. The van der Waals surface area contributed by atoms with Crippen LogP contribution in [0.4, 0.5) is 0 Å². The Morgan fingerprint density at radius 1 is 0.632 bits per heavy atom. The van der Waals surface area contributed by atoms with Crippen molar-refractivity contribution in [2.24, 2.45) is 10.8 Å². The van der Waals surface area contributed by atoms with Crippen LogP contribution in [-0.2, 0) is 38.2 Å².